The van der Waals surface area contributed by atoms with E-state index in [1.807, 2.05) is 54.6 Å². The largest absolute Gasteiger partial charge is 0.279 e. The molecule has 1 aromatic heterocycles. The van der Waals surface area contributed by atoms with Crippen LogP contribution in [0, 0.1) is 0 Å². The number of aromatic nitrogens is 2. The monoisotopic (exact) mass is 264 g/mol. The average molecular weight is 264 g/mol. The van der Waals surface area contributed by atoms with E-state index in [0.29, 0.717) is 0 Å². The van der Waals surface area contributed by atoms with E-state index in [2.05, 4.69) is 18.9 Å². The third kappa shape index (κ3) is 2.01. The van der Waals surface area contributed by atoms with Crippen LogP contribution in [-0.4, -0.2) is 9.78 Å². The molecule has 0 saturated heterocycles. The Morgan fingerprint density at radius 3 is 2.15 bits per heavy atom. The highest BCUT2D eigenvalue weighted by molar-refractivity contribution is 5.84. The van der Waals surface area contributed by atoms with Crippen molar-refractivity contribution in [3.63, 3.8) is 0 Å². The first kappa shape index (κ1) is 12.6. The van der Waals surface area contributed by atoms with Crippen LogP contribution in [0.15, 0.2) is 59.4 Å². The summed E-state index contributed by atoms with van der Waals surface area (Å²) in [5, 5.41) is 6.24. The highest BCUT2D eigenvalue weighted by atomic mass is 16.1. The lowest BCUT2D eigenvalue weighted by Gasteiger charge is -2.13. The Hall–Kier alpha value is -2.42. The van der Waals surface area contributed by atoms with Crippen molar-refractivity contribution in [2.24, 2.45) is 0 Å². The van der Waals surface area contributed by atoms with Gasteiger partial charge in [0.05, 0.1) is 16.8 Å². The topological polar surface area (TPSA) is 34.9 Å². The van der Waals surface area contributed by atoms with Gasteiger partial charge in [-0.1, -0.05) is 50.2 Å². The van der Waals surface area contributed by atoms with Crippen LogP contribution < -0.4 is 5.56 Å². The number of para-hydroxylation sites is 1. The molecule has 3 aromatic rings. The summed E-state index contributed by atoms with van der Waals surface area (Å²) in [5.41, 5.74) is 1.67. The quantitative estimate of drug-likeness (QED) is 0.710. The SMILES string of the molecule is CC(C)c1nn(-c2ccccc2)c(=O)c2ccccc12. The fraction of sp³-hybridized carbons (Fsp3) is 0.176. The number of nitrogens with zero attached hydrogens (tertiary/aromatic N) is 2. The number of benzene rings is 2. The highest BCUT2D eigenvalue weighted by Gasteiger charge is 2.13. The zero-order valence-corrected chi connectivity index (χ0v) is 11.6. The minimum Gasteiger partial charge on any atom is -0.267 e. The molecular weight excluding hydrogens is 248 g/mol. The van der Waals surface area contributed by atoms with Crippen molar-refractivity contribution in [1.82, 2.24) is 9.78 Å². The van der Waals surface area contributed by atoms with Gasteiger partial charge < -0.3 is 0 Å². The number of hydrogen-bond acceptors (Lipinski definition) is 2. The molecule has 0 radical (unpaired) electrons. The summed E-state index contributed by atoms with van der Waals surface area (Å²) in [6, 6.07) is 17.2. The van der Waals surface area contributed by atoms with Crippen LogP contribution in [0.1, 0.15) is 25.5 Å². The maximum atomic E-state index is 12.6. The molecule has 0 aliphatic heterocycles. The molecule has 0 fully saturated rings. The molecule has 0 N–H and O–H groups in total. The van der Waals surface area contributed by atoms with E-state index < -0.39 is 0 Å². The first-order valence-corrected chi connectivity index (χ1v) is 6.76. The molecule has 2 aromatic carbocycles. The molecule has 3 heteroatoms. The molecule has 0 spiro atoms. The lowest BCUT2D eigenvalue weighted by Crippen LogP contribution is -2.23. The molecule has 0 aliphatic rings. The molecule has 3 rings (SSSR count). The van der Waals surface area contributed by atoms with Crippen molar-refractivity contribution in [1.29, 1.82) is 0 Å². The third-order valence-electron chi connectivity index (χ3n) is 3.38. The average Bonchev–Trinajstić information content (AvgIpc) is 2.48. The minimum atomic E-state index is -0.0730. The van der Waals surface area contributed by atoms with E-state index in [1.165, 1.54) is 4.68 Å². The van der Waals surface area contributed by atoms with Gasteiger partial charge in [0.25, 0.3) is 5.56 Å². The van der Waals surface area contributed by atoms with Gasteiger partial charge in [0, 0.05) is 5.39 Å². The molecule has 3 nitrogen and oxygen atoms in total. The molecule has 0 atom stereocenters. The van der Waals surface area contributed by atoms with E-state index in [0.717, 1.165) is 22.2 Å². The van der Waals surface area contributed by atoms with E-state index in [1.54, 1.807) is 0 Å². The van der Waals surface area contributed by atoms with Gasteiger partial charge in [-0.2, -0.15) is 9.78 Å². The predicted molar refractivity (Wildman–Crippen MR) is 81.4 cm³/mol. The Labute approximate surface area is 117 Å². The van der Waals surface area contributed by atoms with Crippen LogP contribution >= 0.6 is 0 Å². The van der Waals surface area contributed by atoms with Crippen molar-refractivity contribution >= 4 is 10.8 Å². The van der Waals surface area contributed by atoms with E-state index in [4.69, 9.17) is 0 Å². The van der Waals surface area contributed by atoms with Crippen LogP contribution in [0.25, 0.3) is 16.5 Å². The van der Waals surface area contributed by atoms with Gasteiger partial charge in [-0.05, 0) is 24.1 Å². The van der Waals surface area contributed by atoms with Crippen LogP contribution in [0.3, 0.4) is 0 Å². The van der Waals surface area contributed by atoms with Gasteiger partial charge in [-0.15, -0.1) is 0 Å². The van der Waals surface area contributed by atoms with Crippen molar-refractivity contribution in [2.45, 2.75) is 19.8 Å². The zero-order valence-electron chi connectivity index (χ0n) is 11.6. The molecule has 0 bridgehead atoms. The van der Waals surface area contributed by atoms with Crippen molar-refractivity contribution < 1.29 is 0 Å². The summed E-state index contributed by atoms with van der Waals surface area (Å²) >= 11 is 0. The summed E-state index contributed by atoms with van der Waals surface area (Å²) in [5.74, 6) is 0.260. The highest BCUT2D eigenvalue weighted by Crippen LogP contribution is 2.21. The standard InChI is InChI=1S/C17H16N2O/c1-12(2)16-14-10-6-7-11-15(14)17(20)19(18-16)13-8-4-3-5-9-13/h3-12H,1-2H3. The number of rotatable bonds is 2. The summed E-state index contributed by atoms with van der Waals surface area (Å²) in [4.78, 5) is 12.6. The number of hydrogen-bond donors (Lipinski definition) is 0. The number of fused-ring (bicyclic) bond motifs is 1. The minimum absolute atomic E-state index is 0.0730. The van der Waals surface area contributed by atoms with Crippen molar-refractivity contribution in [2.75, 3.05) is 0 Å². The molecule has 0 unspecified atom stereocenters. The van der Waals surface area contributed by atoms with Gasteiger partial charge in [-0.3, -0.25) is 4.79 Å². The van der Waals surface area contributed by atoms with Crippen LogP contribution in [-0.2, 0) is 0 Å². The Kier molecular flexibility index (Phi) is 3.11. The second-order valence-corrected chi connectivity index (χ2v) is 5.14. The molecule has 1 heterocycles. The second kappa shape index (κ2) is 4.93. The molecule has 0 aliphatic carbocycles. The zero-order chi connectivity index (χ0) is 14.1. The summed E-state index contributed by atoms with van der Waals surface area (Å²) in [6.45, 7) is 4.18. The lowest BCUT2D eigenvalue weighted by atomic mass is 10.0. The maximum Gasteiger partial charge on any atom is 0.279 e. The lowest BCUT2D eigenvalue weighted by molar-refractivity contribution is 0.728. The van der Waals surface area contributed by atoms with Gasteiger partial charge in [0.1, 0.15) is 0 Å². The first-order valence-electron chi connectivity index (χ1n) is 6.76. The normalized spacial score (nSPS) is 11.2. The van der Waals surface area contributed by atoms with Crippen molar-refractivity contribution in [3.05, 3.63) is 70.6 Å². The molecule has 0 amide bonds. The molecule has 20 heavy (non-hydrogen) atoms. The van der Waals surface area contributed by atoms with E-state index >= 15 is 0 Å². The molecule has 100 valence electrons. The fourth-order valence-corrected chi connectivity index (χ4v) is 2.38. The van der Waals surface area contributed by atoms with Gasteiger partial charge in [0.15, 0.2) is 0 Å². The summed E-state index contributed by atoms with van der Waals surface area (Å²) in [6.07, 6.45) is 0. The second-order valence-electron chi connectivity index (χ2n) is 5.14. The Morgan fingerprint density at radius 2 is 1.50 bits per heavy atom. The van der Waals surface area contributed by atoms with Gasteiger partial charge >= 0.3 is 0 Å². The summed E-state index contributed by atoms with van der Waals surface area (Å²) in [7, 11) is 0. The Morgan fingerprint density at radius 1 is 0.900 bits per heavy atom. The smallest absolute Gasteiger partial charge is 0.267 e. The first-order chi connectivity index (χ1) is 9.68. The van der Waals surface area contributed by atoms with E-state index in [9.17, 15) is 4.79 Å². The fourth-order valence-electron chi connectivity index (χ4n) is 2.38. The van der Waals surface area contributed by atoms with Gasteiger partial charge in [0.2, 0.25) is 0 Å². The third-order valence-corrected chi connectivity index (χ3v) is 3.38. The predicted octanol–water partition coefficient (Wildman–Crippen LogP) is 3.51. The van der Waals surface area contributed by atoms with Gasteiger partial charge in [-0.25, -0.2) is 0 Å². The van der Waals surface area contributed by atoms with Crippen LogP contribution in [0.2, 0.25) is 0 Å². The van der Waals surface area contributed by atoms with Crippen LogP contribution in [0.5, 0.6) is 0 Å². The van der Waals surface area contributed by atoms with Crippen molar-refractivity contribution in [3.8, 4) is 5.69 Å². The molecular formula is C17H16N2O. The Balaban J connectivity index is 2.40. The van der Waals surface area contributed by atoms with E-state index in [-0.39, 0.29) is 11.5 Å². The Bertz CT molecular complexity index is 804. The summed E-state index contributed by atoms with van der Waals surface area (Å²) < 4.78 is 1.50. The maximum absolute atomic E-state index is 12.6. The van der Waals surface area contributed by atoms with Crippen LogP contribution in [0.4, 0.5) is 0 Å². The molecule has 0 saturated carbocycles.